The van der Waals surface area contributed by atoms with Gasteiger partial charge >= 0.3 is 0 Å². The second-order valence-corrected chi connectivity index (χ2v) is 9.08. The number of hydrogen-bond acceptors (Lipinski definition) is 5. The lowest BCUT2D eigenvalue weighted by Gasteiger charge is -2.16. The molecule has 7 nitrogen and oxygen atoms in total. The number of imidazole rings is 1. The molecule has 26 heavy (non-hydrogen) atoms. The van der Waals surface area contributed by atoms with Crippen molar-refractivity contribution in [2.24, 2.45) is 0 Å². The van der Waals surface area contributed by atoms with E-state index < -0.39 is 21.1 Å². The van der Waals surface area contributed by atoms with Gasteiger partial charge in [-0.15, -0.1) is 5.10 Å². The predicted octanol–water partition coefficient (Wildman–Crippen LogP) is 3.93. The highest BCUT2D eigenvalue weighted by Crippen LogP contribution is 2.37. The van der Waals surface area contributed by atoms with Crippen LogP contribution in [-0.4, -0.2) is 28.3 Å². The Morgan fingerprint density at radius 1 is 1.35 bits per heavy atom. The van der Waals surface area contributed by atoms with Crippen LogP contribution in [0.5, 0.6) is 0 Å². The van der Waals surface area contributed by atoms with Crippen molar-refractivity contribution in [2.45, 2.75) is 18.1 Å². The first-order valence-electron chi connectivity index (χ1n) is 7.62. The zero-order valence-corrected chi connectivity index (χ0v) is 16.2. The lowest BCUT2D eigenvalue weighted by Crippen LogP contribution is -2.20. The maximum atomic E-state index is 14.2. The highest BCUT2D eigenvalue weighted by atomic mass is 79.9. The Labute approximate surface area is 161 Å². The van der Waals surface area contributed by atoms with Gasteiger partial charge in [0.2, 0.25) is 10.0 Å². The average Bonchev–Trinajstić information content (AvgIpc) is 3.33. The van der Waals surface area contributed by atoms with Crippen molar-refractivity contribution < 1.29 is 12.8 Å². The van der Waals surface area contributed by atoms with E-state index in [4.69, 9.17) is 11.6 Å². The van der Waals surface area contributed by atoms with Gasteiger partial charge in [-0.05, 0) is 31.0 Å². The van der Waals surface area contributed by atoms with Crippen LogP contribution in [0.25, 0.3) is 5.65 Å². The van der Waals surface area contributed by atoms with Crippen LogP contribution >= 0.6 is 27.5 Å². The van der Waals surface area contributed by atoms with Crippen LogP contribution in [0.2, 0.25) is 5.02 Å². The summed E-state index contributed by atoms with van der Waals surface area (Å²) in [4.78, 5) is 4.09. The molecule has 0 atom stereocenters. The number of nitrogens with zero attached hydrogens (tertiary/aromatic N) is 3. The molecule has 2 aromatic heterocycles. The van der Waals surface area contributed by atoms with E-state index in [0.717, 1.165) is 0 Å². The molecule has 2 heterocycles. The largest absolute Gasteiger partial charge is 0.349 e. The summed E-state index contributed by atoms with van der Waals surface area (Å²) in [6.45, 7) is 0. The fraction of sp³-hybridized carbons (Fsp3) is 0.200. The van der Waals surface area contributed by atoms with Gasteiger partial charge in [-0.2, -0.15) is 0 Å². The van der Waals surface area contributed by atoms with Crippen LogP contribution in [0.3, 0.4) is 0 Å². The number of halogens is 3. The molecule has 2 N–H and O–H groups in total. The molecule has 0 aliphatic heterocycles. The maximum absolute atomic E-state index is 14.2. The molecule has 1 aliphatic rings. The van der Waals surface area contributed by atoms with E-state index >= 15 is 0 Å². The predicted molar refractivity (Wildman–Crippen MR) is 101 cm³/mol. The van der Waals surface area contributed by atoms with Gasteiger partial charge in [0.25, 0.3) is 0 Å². The Bertz CT molecular complexity index is 1120. The monoisotopic (exact) mass is 459 g/mol. The number of anilines is 3. The molecule has 0 radical (unpaired) electrons. The van der Waals surface area contributed by atoms with Gasteiger partial charge in [0, 0.05) is 16.9 Å². The molecule has 0 spiro atoms. The van der Waals surface area contributed by atoms with Crippen LogP contribution in [0.1, 0.15) is 12.8 Å². The van der Waals surface area contributed by atoms with E-state index in [-0.39, 0.29) is 22.2 Å². The summed E-state index contributed by atoms with van der Waals surface area (Å²) < 4.78 is 43.3. The molecule has 0 bridgehead atoms. The summed E-state index contributed by atoms with van der Waals surface area (Å²) in [5.74, 6) is -0.552. The van der Waals surface area contributed by atoms with Gasteiger partial charge in [0.05, 0.1) is 10.9 Å². The van der Waals surface area contributed by atoms with Crippen LogP contribution in [0.4, 0.5) is 21.6 Å². The minimum Gasteiger partial charge on any atom is -0.349 e. The number of rotatable bonds is 5. The second kappa shape index (κ2) is 6.36. The van der Waals surface area contributed by atoms with E-state index in [1.807, 2.05) is 0 Å². The molecule has 1 aliphatic carbocycles. The normalized spacial score (nSPS) is 14.6. The fourth-order valence-electron chi connectivity index (χ4n) is 2.42. The summed E-state index contributed by atoms with van der Waals surface area (Å²) in [5, 5.41) is 6.73. The average molecular weight is 461 g/mol. The highest BCUT2D eigenvalue weighted by Gasteiger charge is 2.37. The molecule has 0 saturated heterocycles. The van der Waals surface area contributed by atoms with Crippen molar-refractivity contribution in [3.05, 3.63) is 45.9 Å². The molecular weight excluding hydrogens is 449 g/mol. The Morgan fingerprint density at radius 2 is 2.12 bits per heavy atom. The molecule has 1 aromatic carbocycles. The van der Waals surface area contributed by atoms with Gasteiger partial charge in [0.15, 0.2) is 11.5 Å². The van der Waals surface area contributed by atoms with Crippen LogP contribution in [-0.2, 0) is 10.0 Å². The zero-order chi connectivity index (χ0) is 18.5. The van der Waals surface area contributed by atoms with Crippen molar-refractivity contribution >= 4 is 60.4 Å². The third-order valence-corrected chi connectivity index (χ3v) is 6.55. The fourth-order valence-corrected chi connectivity index (χ4v) is 4.36. The van der Waals surface area contributed by atoms with Gasteiger partial charge in [-0.1, -0.05) is 27.5 Å². The van der Waals surface area contributed by atoms with E-state index in [9.17, 15) is 12.8 Å². The van der Waals surface area contributed by atoms with E-state index in [1.54, 1.807) is 12.3 Å². The Morgan fingerprint density at radius 3 is 2.81 bits per heavy atom. The molecule has 0 unspecified atom stereocenters. The molecule has 136 valence electrons. The molecular formula is C15H12BrClFN5O2S. The second-order valence-electron chi connectivity index (χ2n) is 5.83. The third-order valence-electron chi connectivity index (χ3n) is 3.87. The van der Waals surface area contributed by atoms with Crippen LogP contribution in [0, 0.1) is 5.82 Å². The highest BCUT2D eigenvalue weighted by molar-refractivity contribution is 9.10. The van der Waals surface area contributed by atoms with Crippen LogP contribution in [0.15, 0.2) is 35.1 Å². The van der Waals surface area contributed by atoms with Crippen molar-refractivity contribution in [3.63, 3.8) is 0 Å². The number of nitrogens with one attached hydrogen (secondary N) is 2. The number of sulfonamides is 1. The first-order valence-corrected chi connectivity index (χ1v) is 10.3. The van der Waals surface area contributed by atoms with E-state index in [0.29, 0.717) is 23.0 Å². The summed E-state index contributed by atoms with van der Waals surface area (Å²) >= 11 is 9.58. The van der Waals surface area contributed by atoms with Crippen molar-refractivity contribution in [1.29, 1.82) is 0 Å². The molecule has 1 fully saturated rings. The first-order chi connectivity index (χ1) is 12.3. The minimum absolute atomic E-state index is 0.0188. The number of benzene rings is 1. The van der Waals surface area contributed by atoms with Gasteiger partial charge in [-0.3, -0.25) is 4.72 Å². The molecule has 11 heteroatoms. The van der Waals surface area contributed by atoms with Crippen molar-refractivity contribution in [1.82, 2.24) is 14.6 Å². The zero-order valence-electron chi connectivity index (χ0n) is 13.1. The summed E-state index contributed by atoms with van der Waals surface area (Å²) in [7, 11) is -3.59. The summed E-state index contributed by atoms with van der Waals surface area (Å²) in [5.41, 5.74) is 0.580. The lowest BCUT2D eigenvalue weighted by atomic mass is 10.3. The molecule has 3 aromatic rings. The quantitative estimate of drug-likeness (QED) is 0.602. The summed E-state index contributed by atoms with van der Waals surface area (Å²) in [6.07, 6.45) is 4.22. The van der Waals surface area contributed by atoms with Gasteiger partial charge < -0.3 is 5.32 Å². The van der Waals surface area contributed by atoms with E-state index in [1.165, 1.54) is 22.8 Å². The lowest BCUT2D eigenvalue weighted by molar-refractivity contribution is 0.599. The summed E-state index contributed by atoms with van der Waals surface area (Å²) in [6, 6.07) is 4.44. The molecule has 4 rings (SSSR count). The topological polar surface area (TPSA) is 88.4 Å². The SMILES string of the molecule is O=S(=O)(Nc1nn2ccnc2c(Cl)c1Nc1ccc(Br)cc1F)C1CC1. The van der Waals surface area contributed by atoms with E-state index in [2.05, 4.69) is 36.1 Å². The number of aromatic nitrogens is 3. The smallest absolute Gasteiger partial charge is 0.236 e. The number of fused-ring (bicyclic) bond motifs is 1. The minimum atomic E-state index is -3.59. The Kier molecular flexibility index (Phi) is 4.28. The van der Waals surface area contributed by atoms with Crippen LogP contribution < -0.4 is 10.0 Å². The van der Waals surface area contributed by atoms with Gasteiger partial charge in [0.1, 0.15) is 16.5 Å². The standard InChI is InChI=1S/C15H12BrClFN5O2S/c16-8-1-4-11(10(18)7-8)20-13-12(17)15-19-5-6-23(15)21-14(13)22-26(24,25)9-2-3-9/h1,4-7,9,20H,2-3H2,(H,21,22). The third kappa shape index (κ3) is 3.24. The Balaban J connectivity index is 1.82. The Hall–Kier alpha value is -1.91. The number of hydrogen-bond donors (Lipinski definition) is 2. The first kappa shape index (κ1) is 17.5. The molecule has 0 amide bonds. The maximum Gasteiger partial charge on any atom is 0.236 e. The van der Waals surface area contributed by atoms with Crippen molar-refractivity contribution in [2.75, 3.05) is 10.0 Å². The van der Waals surface area contributed by atoms with Crippen molar-refractivity contribution in [3.8, 4) is 0 Å². The van der Waals surface area contributed by atoms with Gasteiger partial charge in [-0.25, -0.2) is 22.3 Å². The molecule has 1 saturated carbocycles.